The van der Waals surface area contributed by atoms with Crippen LogP contribution in [0.2, 0.25) is 0 Å². The zero-order valence-corrected chi connectivity index (χ0v) is 22.5. The largest absolute Gasteiger partial charge is 0.493 e. The number of ether oxygens (including phenoxy) is 1. The average molecular weight is 530 g/mol. The topological polar surface area (TPSA) is 107 Å². The molecule has 1 saturated heterocycles. The van der Waals surface area contributed by atoms with Crippen molar-refractivity contribution in [3.8, 4) is 17.2 Å². The van der Waals surface area contributed by atoms with Gasteiger partial charge in [0.2, 0.25) is 11.8 Å². The number of amides is 1. The van der Waals surface area contributed by atoms with E-state index < -0.39 is 5.54 Å². The number of carbonyl (C=O) groups is 1. The summed E-state index contributed by atoms with van der Waals surface area (Å²) in [6, 6.07) is 13.8. The highest BCUT2D eigenvalue weighted by Crippen LogP contribution is 2.39. The van der Waals surface area contributed by atoms with Crippen molar-refractivity contribution in [2.45, 2.75) is 57.5 Å². The molecule has 4 aromatic rings. The van der Waals surface area contributed by atoms with Gasteiger partial charge in [0.05, 0.1) is 18.2 Å². The third-order valence-electron chi connectivity index (χ3n) is 7.28. The molecule has 2 unspecified atom stereocenters. The summed E-state index contributed by atoms with van der Waals surface area (Å²) in [5.74, 6) is 1.37. The molecule has 2 N–H and O–H groups in total. The summed E-state index contributed by atoms with van der Waals surface area (Å²) in [5.41, 5.74) is 10.1. The zero-order chi connectivity index (χ0) is 26.3. The first-order valence-corrected chi connectivity index (χ1v) is 14.0. The molecule has 2 aromatic carbocycles. The molecule has 196 valence electrons. The molecule has 0 saturated carbocycles. The van der Waals surface area contributed by atoms with Crippen LogP contribution in [0.1, 0.15) is 70.3 Å². The molecule has 0 radical (unpaired) electrons. The SMILES string of the molecule is Cc1csc(C2CCCN2C(=O)c2cc(-c3nnc(C(C)(N)Cc4ccccc4)o3)cc3c2CCCO3)n1. The van der Waals surface area contributed by atoms with E-state index in [1.807, 2.05) is 66.6 Å². The second-order valence-electron chi connectivity index (χ2n) is 10.4. The Balaban J connectivity index is 1.33. The highest BCUT2D eigenvalue weighted by molar-refractivity contribution is 7.09. The van der Waals surface area contributed by atoms with Gasteiger partial charge >= 0.3 is 0 Å². The molecule has 4 heterocycles. The van der Waals surface area contributed by atoms with Gasteiger partial charge in [0.25, 0.3) is 5.91 Å². The van der Waals surface area contributed by atoms with E-state index in [9.17, 15) is 4.79 Å². The van der Waals surface area contributed by atoms with E-state index in [1.54, 1.807) is 11.3 Å². The number of carbonyl (C=O) groups excluding carboxylic acids is 1. The first kappa shape index (κ1) is 24.8. The van der Waals surface area contributed by atoms with Crippen LogP contribution in [0.5, 0.6) is 5.75 Å². The van der Waals surface area contributed by atoms with Gasteiger partial charge in [-0.05, 0) is 63.6 Å². The number of aryl methyl sites for hydroxylation is 1. The minimum Gasteiger partial charge on any atom is -0.493 e. The first-order valence-electron chi connectivity index (χ1n) is 13.1. The molecule has 0 aliphatic carbocycles. The number of fused-ring (bicyclic) bond motifs is 1. The minimum absolute atomic E-state index is 0.00330. The van der Waals surface area contributed by atoms with Crippen molar-refractivity contribution < 1.29 is 13.9 Å². The Kier molecular flexibility index (Phi) is 6.49. The molecule has 1 fully saturated rings. The molecule has 2 aliphatic heterocycles. The van der Waals surface area contributed by atoms with E-state index >= 15 is 0 Å². The highest BCUT2D eigenvalue weighted by atomic mass is 32.1. The summed E-state index contributed by atoms with van der Waals surface area (Å²) in [6.45, 7) is 5.19. The normalized spacial score (nSPS) is 18.6. The number of nitrogens with two attached hydrogens (primary N) is 1. The Labute approximate surface area is 225 Å². The lowest BCUT2D eigenvalue weighted by Gasteiger charge is -2.27. The van der Waals surface area contributed by atoms with Crippen LogP contribution < -0.4 is 10.5 Å². The quantitative estimate of drug-likeness (QED) is 0.365. The lowest BCUT2D eigenvalue weighted by Crippen LogP contribution is -2.35. The van der Waals surface area contributed by atoms with Gasteiger partial charge in [0.1, 0.15) is 10.8 Å². The molecule has 8 nitrogen and oxygen atoms in total. The molecular formula is C29H31N5O3S. The van der Waals surface area contributed by atoms with Crippen molar-refractivity contribution in [3.63, 3.8) is 0 Å². The third-order valence-corrected chi connectivity index (χ3v) is 8.34. The monoisotopic (exact) mass is 529 g/mol. The van der Waals surface area contributed by atoms with Crippen molar-refractivity contribution in [2.75, 3.05) is 13.2 Å². The van der Waals surface area contributed by atoms with Crippen molar-refractivity contribution in [1.29, 1.82) is 0 Å². The molecule has 2 aliphatic rings. The fourth-order valence-corrected chi connectivity index (χ4v) is 6.33. The lowest BCUT2D eigenvalue weighted by atomic mass is 9.94. The number of thiazole rings is 1. The number of hydrogen-bond acceptors (Lipinski definition) is 8. The predicted octanol–water partition coefficient (Wildman–Crippen LogP) is 5.22. The van der Waals surface area contributed by atoms with Crippen LogP contribution in [0.25, 0.3) is 11.5 Å². The Bertz CT molecular complexity index is 1460. The fourth-order valence-electron chi connectivity index (χ4n) is 5.39. The second-order valence-corrected chi connectivity index (χ2v) is 11.3. The van der Waals surface area contributed by atoms with E-state index in [0.717, 1.165) is 47.5 Å². The van der Waals surface area contributed by atoms with E-state index in [4.69, 9.17) is 14.9 Å². The maximum absolute atomic E-state index is 14.0. The van der Waals surface area contributed by atoms with Gasteiger partial charge in [0.15, 0.2) is 0 Å². The molecular weight excluding hydrogens is 498 g/mol. The number of likely N-dealkylation sites (tertiary alicyclic amines) is 1. The van der Waals surface area contributed by atoms with Gasteiger partial charge < -0.3 is 19.8 Å². The fraction of sp³-hybridized carbons (Fsp3) is 0.379. The molecule has 2 atom stereocenters. The Morgan fingerprint density at radius 2 is 2.05 bits per heavy atom. The zero-order valence-electron chi connectivity index (χ0n) is 21.6. The Hall–Kier alpha value is -3.56. The maximum Gasteiger partial charge on any atom is 0.254 e. The van der Waals surface area contributed by atoms with Crippen molar-refractivity contribution in [2.24, 2.45) is 5.73 Å². The van der Waals surface area contributed by atoms with E-state index in [0.29, 0.717) is 48.2 Å². The third kappa shape index (κ3) is 4.72. The number of hydrogen-bond donors (Lipinski definition) is 1. The average Bonchev–Trinajstić information content (AvgIpc) is 3.69. The smallest absolute Gasteiger partial charge is 0.254 e. The van der Waals surface area contributed by atoms with Crippen molar-refractivity contribution >= 4 is 17.2 Å². The predicted molar refractivity (Wildman–Crippen MR) is 145 cm³/mol. The van der Waals surface area contributed by atoms with Gasteiger partial charge in [-0.15, -0.1) is 21.5 Å². The molecule has 0 bridgehead atoms. The molecule has 0 spiro atoms. The number of rotatable bonds is 6. The standard InChI is InChI=1S/C29H31N5O3S/c1-18-17-38-26(31-18)23-11-6-12-34(23)27(35)22-14-20(15-24-21(22)10-7-13-36-24)25-32-33-28(37-25)29(2,30)16-19-8-4-3-5-9-19/h3-5,8-9,14-15,17,23H,6-7,10-13,16,30H2,1-2H3. The van der Waals surface area contributed by atoms with Crippen LogP contribution >= 0.6 is 11.3 Å². The summed E-state index contributed by atoms with van der Waals surface area (Å²) < 4.78 is 12.1. The van der Waals surface area contributed by atoms with Crippen LogP contribution in [-0.2, 0) is 18.4 Å². The molecule has 9 heteroatoms. The first-order chi connectivity index (χ1) is 18.4. The lowest BCUT2D eigenvalue weighted by molar-refractivity contribution is 0.0733. The summed E-state index contributed by atoms with van der Waals surface area (Å²) >= 11 is 1.62. The van der Waals surface area contributed by atoms with E-state index in [1.165, 1.54) is 0 Å². The van der Waals surface area contributed by atoms with Crippen molar-refractivity contribution in [1.82, 2.24) is 20.1 Å². The van der Waals surface area contributed by atoms with E-state index in [-0.39, 0.29) is 11.9 Å². The Morgan fingerprint density at radius 3 is 2.84 bits per heavy atom. The summed E-state index contributed by atoms with van der Waals surface area (Å²) in [7, 11) is 0. The summed E-state index contributed by atoms with van der Waals surface area (Å²) in [5, 5.41) is 11.7. The van der Waals surface area contributed by atoms with Gasteiger partial charge in [-0.3, -0.25) is 4.79 Å². The molecule has 38 heavy (non-hydrogen) atoms. The molecule has 1 amide bonds. The number of nitrogens with zero attached hydrogens (tertiary/aromatic N) is 4. The van der Waals surface area contributed by atoms with Gasteiger partial charge in [-0.2, -0.15) is 0 Å². The highest BCUT2D eigenvalue weighted by Gasteiger charge is 2.35. The molecule has 6 rings (SSSR count). The van der Waals surface area contributed by atoms with Gasteiger partial charge in [-0.25, -0.2) is 4.98 Å². The van der Waals surface area contributed by atoms with Gasteiger partial charge in [-0.1, -0.05) is 30.3 Å². The summed E-state index contributed by atoms with van der Waals surface area (Å²) in [6.07, 6.45) is 4.09. The van der Waals surface area contributed by atoms with E-state index in [2.05, 4.69) is 15.2 Å². The van der Waals surface area contributed by atoms with Crippen LogP contribution in [0, 0.1) is 6.92 Å². The second kappa shape index (κ2) is 9.96. The minimum atomic E-state index is -0.843. The summed E-state index contributed by atoms with van der Waals surface area (Å²) in [4.78, 5) is 20.7. The van der Waals surface area contributed by atoms with Crippen LogP contribution in [0.15, 0.2) is 52.3 Å². The van der Waals surface area contributed by atoms with Crippen molar-refractivity contribution in [3.05, 3.63) is 81.1 Å². The number of aromatic nitrogens is 3. The van der Waals surface area contributed by atoms with Crippen LogP contribution in [-0.4, -0.2) is 39.1 Å². The number of benzene rings is 2. The van der Waals surface area contributed by atoms with Crippen LogP contribution in [0.4, 0.5) is 0 Å². The Morgan fingerprint density at radius 1 is 1.21 bits per heavy atom. The van der Waals surface area contributed by atoms with Crippen LogP contribution in [0.3, 0.4) is 0 Å². The maximum atomic E-state index is 14.0. The van der Waals surface area contributed by atoms with Gasteiger partial charge in [0, 0.05) is 34.3 Å². The molecule has 2 aromatic heterocycles.